The molecule has 1 aliphatic heterocycles. The third-order valence-electron chi connectivity index (χ3n) is 0.957. The zero-order valence-electron chi connectivity index (χ0n) is 5.97. The average molecular weight is 181 g/mol. The Kier molecular flexibility index (Phi) is 11.7. The van der Waals surface area contributed by atoms with Gasteiger partial charge in [-0.05, 0) is 25.9 Å². The minimum Gasteiger partial charge on any atom is -0.385 e. The highest BCUT2D eigenvalue weighted by atomic mass is 32.1. The lowest BCUT2D eigenvalue weighted by Gasteiger charge is -1.76. The lowest BCUT2D eigenvalue weighted by atomic mass is 10.4. The maximum atomic E-state index is 4.71. The molecule has 1 heterocycles. The molecule has 0 radical (unpaired) electrons. The van der Waals surface area contributed by atoms with Gasteiger partial charge in [-0.1, -0.05) is 12.2 Å². The van der Waals surface area contributed by atoms with Crippen LogP contribution in [0.25, 0.3) is 0 Å². The average Bonchev–Trinajstić information content (AvgIpc) is 2.11. The Hall–Kier alpha value is 0.160. The van der Waals surface area contributed by atoms with Gasteiger partial charge < -0.3 is 17.2 Å². The summed E-state index contributed by atoms with van der Waals surface area (Å²) in [6.45, 7) is 2.50. The second kappa shape index (κ2) is 9.16. The number of hydrogen-bond acceptors (Lipinski definition) is 3. The van der Waals surface area contributed by atoms with Crippen molar-refractivity contribution in [2.24, 2.45) is 5.73 Å². The molecule has 0 aromatic carbocycles. The number of hydrogen-bond donors (Lipinski definition) is 4. The van der Waals surface area contributed by atoms with Gasteiger partial charge in [0.2, 0.25) is 0 Å². The van der Waals surface area contributed by atoms with Gasteiger partial charge in [0.1, 0.15) is 4.32 Å². The summed E-state index contributed by atoms with van der Waals surface area (Å²) in [5.74, 6) is 0. The lowest BCUT2D eigenvalue weighted by Crippen LogP contribution is -2.03. The molecule has 3 nitrogen and oxygen atoms in total. The fourth-order valence-electron chi connectivity index (χ4n) is 0.625. The maximum Gasteiger partial charge on any atom is 0.128 e. The summed E-state index contributed by atoms with van der Waals surface area (Å²) in [5.41, 5.74) is 4.71. The van der Waals surface area contributed by atoms with E-state index in [4.69, 9.17) is 5.73 Å². The van der Waals surface area contributed by atoms with Gasteiger partial charge in [0, 0.05) is 0 Å². The monoisotopic (exact) mass is 181 g/mol. The SMILES string of the molecule is C1CCNC1.N.NC(=S)S. The van der Waals surface area contributed by atoms with Crippen molar-refractivity contribution < 1.29 is 0 Å². The second-order valence-corrected chi connectivity index (χ2v) is 3.02. The fourth-order valence-corrected chi connectivity index (χ4v) is 0.625. The summed E-state index contributed by atoms with van der Waals surface area (Å²) < 4.78 is 0.194. The van der Waals surface area contributed by atoms with E-state index < -0.39 is 0 Å². The van der Waals surface area contributed by atoms with Gasteiger partial charge in [-0.25, -0.2) is 0 Å². The molecule has 1 rings (SSSR count). The van der Waals surface area contributed by atoms with E-state index in [-0.39, 0.29) is 10.5 Å². The van der Waals surface area contributed by atoms with Crippen LogP contribution in [0.5, 0.6) is 0 Å². The van der Waals surface area contributed by atoms with E-state index in [2.05, 4.69) is 30.2 Å². The van der Waals surface area contributed by atoms with Crippen molar-refractivity contribution in [3.63, 3.8) is 0 Å². The van der Waals surface area contributed by atoms with Crippen LogP contribution in [-0.4, -0.2) is 17.4 Å². The third-order valence-corrected chi connectivity index (χ3v) is 0.957. The van der Waals surface area contributed by atoms with Crippen LogP contribution in [0, 0.1) is 0 Å². The van der Waals surface area contributed by atoms with Crippen molar-refractivity contribution in [1.29, 1.82) is 0 Å². The molecule has 10 heavy (non-hydrogen) atoms. The van der Waals surface area contributed by atoms with E-state index in [0.29, 0.717) is 0 Å². The molecule has 1 saturated heterocycles. The largest absolute Gasteiger partial charge is 0.385 e. The normalized spacial score (nSPS) is 14.5. The van der Waals surface area contributed by atoms with Gasteiger partial charge in [-0.3, -0.25) is 0 Å². The van der Waals surface area contributed by atoms with Crippen LogP contribution in [0.2, 0.25) is 0 Å². The molecule has 6 N–H and O–H groups in total. The summed E-state index contributed by atoms with van der Waals surface area (Å²) in [4.78, 5) is 0. The molecule has 1 aliphatic rings. The number of nitrogens with one attached hydrogen (secondary N) is 1. The molecule has 0 saturated carbocycles. The van der Waals surface area contributed by atoms with Crippen LogP contribution < -0.4 is 17.2 Å². The lowest BCUT2D eigenvalue weighted by molar-refractivity contribution is 0.857. The van der Waals surface area contributed by atoms with Gasteiger partial charge in [0.25, 0.3) is 0 Å². The molecule has 0 unspecified atom stereocenters. The van der Waals surface area contributed by atoms with Gasteiger partial charge in [-0.2, -0.15) is 0 Å². The molecule has 0 aliphatic carbocycles. The summed E-state index contributed by atoms with van der Waals surface area (Å²) in [5, 5.41) is 3.22. The smallest absolute Gasteiger partial charge is 0.128 e. The molecule has 0 amide bonds. The van der Waals surface area contributed by atoms with Gasteiger partial charge in [0.15, 0.2) is 0 Å². The van der Waals surface area contributed by atoms with Crippen LogP contribution in [0.15, 0.2) is 0 Å². The minimum absolute atomic E-state index is 0. The zero-order valence-corrected chi connectivity index (χ0v) is 7.68. The molecule has 0 atom stereocenters. The standard InChI is InChI=1S/C4H9N.CH3NS2.H3N/c1-2-4-5-3-1;2-1(3)4;/h5H,1-4H2;(H3,2,3,4);1H3. The molecule has 62 valence electrons. The summed E-state index contributed by atoms with van der Waals surface area (Å²) in [7, 11) is 0. The van der Waals surface area contributed by atoms with Crippen LogP contribution in [0.4, 0.5) is 0 Å². The number of rotatable bonds is 0. The molecule has 0 spiro atoms. The highest BCUT2D eigenvalue weighted by molar-refractivity contribution is 8.10. The van der Waals surface area contributed by atoms with E-state index in [1.807, 2.05) is 0 Å². The zero-order chi connectivity index (χ0) is 7.11. The predicted molar refractivity (Wildman–Crippen MR) is 52.9 cm³/mol. The van der Waals surface area contributed by atoms with E-state index in [1.54, 1.807) is 0 Å². The topological polar surface area (TPSA) is 73.0 Å². The molecule has 1 fully saturated rings. The first-order chi connectivity index (χ1) is 4.23. The Morgan fingerprint density at radius 3 is 1.80 bits per heavy atom. The first-order valence-electron chi connectivity index (χ1n) is 2.92. The molecule has 0 aromatic heterocycles. The van der Waals surface area contributed by atoms with Crippen molar-refractivity contribution in [2.45, 2.75) is 12.8 Å². The van der Waals surface area contributed by atoms with Gasteiger partial charge in [-0.15, -0.1) is 12.6 Å². The van der Waals surface area contributed by atoms with Crippen molar-refractivity contribution in [2.75, 3.05) is 13.1 Å². The third kappa shape index (κ3) is 15.7. The summed E-state index contributed by atoms with van der Waals surface area (Å²) >= 11 is 7.65. The van der Waals surface area contributed by atoms with Crippen LogP contribution in [-0.2, 0) is 0 Å². The quantitative estimate of drug-likeness (QED) is 0.328. The van der Waals surface area contributed by atoms with Crippen molar-refractivity contribution in [3.05, 3.63) is 0 Å². The van der Waals surface area contributed by atoms with Gasteiger partial charge >= 0.3 is 0 Å². The highest BCUT2D eigenvalue weighted by Crippen LogP contribution is 1.90. The Balaban J connectivity index is 0. The Morgan fingerprint density at radius 1 is 1.40 bits per heavy atom. The van der Waals surface area contributed by atoms with Crippen LogP contribution in [0.3, 0.4) is 0 Å². The van der Waals surface area contributed by atoms with Crippen molar-refractivity contribution >= 4 is 29.2 Å². The predicted octanol–water partition coefficient (Wildman–Crippen LogP) is 0.692. The number of thiocarbonyl (C=S) groups is 1. The second-order valence-electron chi connectivity index (χ2n) is 1.80. The maximum absolute atomic E-state index is 4.71. The molecule has 5 heteroatoms. The minimum atomic E-state index is 0. The molecular weight excluding hydrogens is 166 g/mol. The van der Waals surface area contributed by atoms with Crippen LogP contribution in [0.1, 0.15) is 12.8 Å². The Morgan fingerprint density at radius 2 is 1.70 bits per heavy atom. The van der Waals surface area contributed by atoms with Gasteiger partial charge in [0.05, 0.1) is 0 Å². The molecule has 0 bridgehead atoms. The Bertz CT molecular complexity index is 71.4. The number of thiol groups is 1. The first-order valence-corrected chi connectivity index (χ1v) is 3.78. The van der Waals surface area contributed by atoms with E-state index in [9.17, 15) is 0 Å². The van der Waals surface area contributed by atoms with Crippen LogP contribution >= 0.6 is 24.8 Å². The van der Waals surface area contributed by atoms with E-state index in [0.717, 1.165) is 0 Å². The Labute approximate surface area is 72.7 Å². The summed E-state index contributed by atoms with van der Waals surface area (Å²) in [6, 6.07) is 0. The van der Waals surface area contributed by atoms with E-state index >= 15 is 0 Å². The van der Waals surface area contributed by atoms with E-state index in [1.165, 1.54) is 25.9 Å². The number of nitrogens with two attached hydrogens (primary N) is 1. The first kappa shape index (κ1) is 12.8. The van der Waals surface area contributed by atoms with Crippen molar-refractivity contribution in [1.82, 2.24) is 11.5 Å². The summed E-state index contributed by atoms with van der Waals surface area (Å²) in [6.07, 6.45) is 2.78. The highest BCUT2D eigenvalue weighted by Gasteiger charge is 1.93. The molecular formula is C5H15N3S2. The van der Waals surface area contributed by atoms with Crippen molar-refractivity contribution in [3.8, 4) is 0 Å². The fraction of sp³-hybridized carbons (Fsp3) is 0.800. The molecule has 0 aromatic rings.